The van der Waals surface area contributed by atoms with Crippen LogP contribution < -0.4 is 11.1 Å². The van der Waals surface area contributed by atoms with Crippen LogP contribution in [0, 0.1) is 0 Å². The maximum absolute atomic E-state index is 12.1. The van der Waals surface area contributed by atoms with E-state index < -0.39 is 0 Å². The summed E-state index contributed by atoms with van der Waals surface area (Å²) in [7, 11) is 0. The van der Waals surface area contributed by atoms with E-state index in [0.717, 1.165) is 18.6 Å². The van der Waals surface area contributed by atoms with Crippen molar-refractivity contribution < 1.29 is 9.21 Å². The minimum Gasteiger partial charge on any atom is -0.446 e. The number of aromatic nitrogens is 1. The summed E-state index contributed by atoms with van der Waals surface area (Å²) in [5.74, 6) is 1.23. The summed E-state index contributed by atoms with van der Waals surface area (Å²) in [6.07, 6.45) is 21.5. The molecule has 1 aromatic rings. The number of thioether (sulfide) groups is 1. The van der Waals surface area contributed by atoms with E-state index >= 15 is 0 Å². The van der Waals surface area contributed by atoms with Crippen molar-refractivity contribution in [2.45, 2.75) is 103 Å². The Morgan fingerprint density at radius 1 is 1.03 bits per heavy atom. The molecule has 0 bridgehead atoms. The lowest BCUT2D eigenvalue weighted by Gasteiger charge is -2.05. The fraction of sp³-hybridized carbons (Fsp3) is 0.826. The van der Waals surface area contributed by atoms with E-state index in [0.29, 0.717) is 18.1 Å². The Hall–Kier alpha value is -1.01. The molecule has 1 unspecified atom stereocenters. The van der Waals surface area contributed by atoms with Crippen LogP contribution in [0.1, 0.15) is 119 Å². The molecule has 1 rings (SSSR count). The molecule has 0 aromatic carbocycles. The van der Waals surface area contributed by atoms with Gasteiger partial charge in [-0.05, 0) is 24.9 Å². The molecule has 0 aliphatic rings. The lowest BCUT2D eigenvalue weighted by molar-refractivity contribution is 0.0948. The number of hydrogen-bond donors (Lipinski definition) is 2. The second kappa shape index (κ2) is 17.8. The van der Waals surface area contributed by atoms with E-state index in [1.807, 2.05) is 6.26 Å². The molecule has 168 valence electrons. The molecule has 1 atom stereocenters. The molecule has 0 radical (unpaired) electrons. The van der Waals surface area contributed by atoms with Gasteiger partial charge in [0.05, 0.1) is 6.04 Å². The lowest BCUT2D eigenvalue weighted by Crippen LogP contribution is -2.25. The van der Waals surface area contributed by atoms with E-state index in [4.69, 9.17) is 10.2 Å². The zero-order valence-corrected chi connectivity index (χ0v) is 19.5. The van der Waals surface area contributed by atoms with E-state index in [9.17, 15) is 4.79 Å². The quantitative estimate of drug-likeness (QED) is 0.256. The van der Waals surface area contributed by atoms with Crippen LogP contribution in [0.25, 0.3) is 0 Å². The average Bonchev–Trinajstić information content (AvgIpc) is 3.22. The first-order valence-corrected chi connectivity index (χ1v) is 13.1. The molecule has 0 spiro atoms. The SMILES string of the molecule is CCCCCCCCCCCCCCCNC(=O)c1coc(C(N)CCSC)n1. The minimum atomic E-state index is -0.245. The van der Waals surface area contributed by atoms with Crippen LogP contribution in [-0.4, -0.2) is 29.4 Å². The number of carbonyl (C=O) groups excluding carboxylic acids is 1. The van der Waals surface area contributed by atoms with Gasteiger partial charge in [-0.2, -0.15) is 11.8 Å². The normalized spacial score (nSPS) is 12.2. The molecule has 29 heavy (non-hydrogen) atoms. The topological polar surface area (TPSA) is 81.2 Å². The number of nitrogens with zero attached hydrogens (tertiary/aromatic N) is 1. The number of rotatable bonds is 19. The number of nitrogens with one attached hydrogen (secondary N) is 1. The van der Waals surface area contributed by atoms with E-state index in [1.165, 1.54) is 83.3 Å². The van der Waals surface area contributed by atoms with Gasteiger partial charge in [0.15, 0.2) is 5.69 Å². The van der Waals surface area contributed by atoms with Crippen molar-refractivity contribution in [3.05, 3.63) is 17.8 Å². The van der Waals surface area contributed by atoms with E-state index in [2.05, 4.69) is 17.2 Å². The van der Waals surface area contributed by atoms with Gasteiger partial charge in [0.25, 0.3) is 5.91 Å². The molecule has 1 amide bonds. The van der Waals surface area contributed by atoms with Crippen molar-refractivity contribution in [3.63, 3.8) is 0 Å². The molecule has 0 fully saturated rings. The molecular weight excluding hydrogens is 382 g/mol. The maximum Gasteiger partial charge on any atom is 0.273 e. The molecule has 6 heteroatoms. The van der Waals surface area contributed by atoms with Crippen molar-refractivity contribution >= 4 is 17.7 Å². The summed E-state index contributed by atoms with van der Waals surface area (Å²) in [4.78, 5) is 16.4. The first-order valence-electron chi connectivity index (χ1n) is 11.7. The van der Waals surface area contributed by atoms with E-state index in [-0.39, 0.29) is 11.9 Å². The van der Waals surface area contributed by atoms with Gasteiger partial charge >= 0.3 is 0 Å². The number of nitrogens with two attached hydrogens (primary N) is 1. The number of oxazole rings is 1. The highest BCUT2D eigenvalue weighted by atomic mass is 32.2. The van der Waals surface area contributed by atoms with Crippen molar-refractivity contribution in [1.82, 2.24) is 10.3 Å². The molecular formula is C23H43N3O2S. The van der Waals surface area contributed by atoms with Gasteiger partial charge in [0, 0.05) is 6.54 Å². The summed E-state index contributed by atoms with van der Waals surface area (Å²) < 4.78 is 5.36. The number of unbranched alkanes of at least 4 members (excludes halogenated alkanes) is 12. The summed E-state index contributed by atoms with van der Waals surface area (Å²) in [6.45, 7) is 2.96. The number of hydrogen-bond acceptors (Lipinski definition) is 5. The molecule has 0 saturated heterocycles. The molecule has 0 saturated carbocycles. The zero-order valence-electron chi connectivity index (χ0n) is 18.7. The summed E-state index contributed by atoms with van der Waals surface area (Å²) in [5.41, 5.74) is 6.35. The summed E-state index contributed by atoms with van der Waals surface area (Å²) >= 11 is 1.74. The highest BCUT2D eigenvalue weighted by Crippen LogP contribution is 2.16. The van der Waals surface area contributed by atoms with Gasteiger partial charge in [0.2, 0.25) is 5.89 Å². The monoisotopic (exact) mass is 425 g/mol. The third kappa shape index (κ3) is 13.0. The minimum absolute atomic E-state index is 0.170. The highest BCUT2D eigenvalue weighted by Gasteiger charge is 2.16. The van der Waals surface area contributed by atoms with Crippen LogP contribution in [0.3, 0.4) is 0 Å². The second-order valence-corrected chi connectivity index (χ2v) is 8.94. The first kappa shape index (κ1) is 26.0. The van der Waals surface area contributed by atoms with Crippen molar-refractivity contribution in [2.75, 3.05) is 18.6 Å². The summed E-state index contributed by atoms with van der Waals surface area (Å²) in [6, 6.07) is -0.245. The predicted molar refractivity (Wildman–Crippen MR) is 124 cm³/mol. The van der Waals surface area contributed by atoms with Gasteiger partial charge in [-0.15, -0.1) is 0 Å². The van der Waals surface area contributed by atoms with E-state index in [1.54, 1.807) is 11.8 Å². The van der Waals surface area contributed by atoms with Gasteiger partial charge in [-0.1, -0.05) is 84.0 Å². The molecule has 1 heterocycles. The summed E-state index contributed by atoms with van der Waals surface area (Å²) in [5, 5.41) is 2.93. The van der Waals surface area contributed by atoms with Gasteiger partial charge in [-0.3, -0.25) is 4.79 Å². The lowest BCUT2D eigenvalue weighted by atomic mass is 10.0. The Bertz CT molecular complexity index is 522. The third-order valence-electron chi connectivity index (χ3n) is 5.27. The molecule has 3 N–H and O–H groups in total. The van der Waals surface area contributed by atoms with Gasteiger partial charge in [0.1, 0.15) is 6.26 Å². The molecule has 1 aromatic heterocycles. The first-order chi connectivity index (χ1) is 14.2. The fourth-order valence-electron chi connectivity index (χ4n) is 3.37. The van der Waals surface area contributed by atoms with Crippen LogP contribution in [0.4, 0.5) is 0 Å². The Labute approximate surface area is 182 Å². The Balaban J connectivity index is 1.96. The van der Waals surface area contributed by atoms with Crippen LogP contribution in [0.2, 0.25) is 0 Å². The average molecular weight is 426 g/mol. The van der Waals surface area contributed by atoms with Crippen molar-refractivity contribution in [1.29, 1.82) is 0 Å². The van der Waals surface area contributed by atoms with Crippen LogP contribution >= 0.6 is 11.8 Å². The zero-order chi connectivity index (χ0) is 21.2. The van der Waals surface area contributed by atoms with Crippen LogP contribution in [0.15, 0.2) is 10.7 Å². The number of carbonyl (C=O) groups is 1. The largest absolute Gasteiger partial charge is 0.446 e. The standard InChI is InChI=1S/C23H43N3O2S/c1-3-4-5-6-7-8-9-10-11-12-13-14-15-17-25-22(27)21-19-28-23(26-21)20(24)16-18-29-2/h19-20H,3-18,24H2,1-2H3,(H,25,27). The van der Waals surface area contributed by atoms with Crippen LogP contribution in [-0.2, 0) is 0 Å². The van der Waals surface area contributed by atoms with Gasteiger partial charge in [-0.25, -0.2) is 4.98 Å². The fourth-order valence-corrected chi connectivity index (χ4v) is 3.86. The third-order valence-corrected chi connectivity index (χ3v) is 5.91. The second-order valence-electron chi connectivity index (χ2n) is 7.96. The Kier molecular flexibility index (Phi) is 16.0. The van der Waals surface area contributed by atoms with Crippen molar-refractivity contribution in [2.24, 2.45) is 5.73 Å². The maximum atomic E-state index is 12.1. The Morgan fingerprint density at radius 3 is 2.14 bits per heavy atom. The molecule has 5 nitrogen and oxygen atoms in total. The van der Waals surface area contributed by atoms with Crippen molar-refractivity contribution in [3.8, 4) is 0 Å². The Morgan fingerprint density at radius 2 is 1.59 bits per heavy atom. The predicted octanol–water partition coefficient (Wildman–Crippen LogP) is 6.25. The van der Waals surface area contributed by atoms with Gasteiger partial charge < -0.3 is 15.5 Å². The molecule has 0 aliphatic heterocycles. The molecule has 0 aliphatic carbocycles. The highest BCUT2D eigenvalue weighted by molar-refractivity contribution is 7.98. The smallest absolute Gasteiger partial charge is 0.273 e. The van der Waals surface area contributed by atoms with Crippen LogP contribution in [0.5, 0.6) is 0 Å². The number of amides is 1.